The lowest BCUT2D eigenvalue weighted by molar-refractivity contribution is -0.144. The first-order chi connectivity index (χ1) is 16.1. The highest BCUT2D eigenvalue weighted by molar-refractivity contribution is 5.76. The van der Waals surface area contributed by atoms with Crippen molar-refractivity contribution in [2.24, 2.45) is 0 Å². The Bertz CT molecular complexity index is 1350. The third-order valence-electron chi connectivity index (χ3n) is 4.65. The van der Waals surface area contributed by atoms with E-state index in [1.165, 1.54) is 42.7 Å². The van der Waals surface area contributed by atoms with Crippen LogP contribution in [-0.4, -0.2) is 25.0 Å². The van der Waals surface area contributed by atoms with Crippen LogP contribution < -0.4 is 11.1 Å². The van der Waals surface area contributed by atoms with Crippen molar-refractivity contribution < 1.29 is 27.1 Å². The molecule has 34 heavy (non-hydrogen) atoms. The third kappa shape index (κ3) is 4.91. The Morgan fingerprint density at radius 2 is 1.71 bits per heavy atom. The molecule has 0 aliphatic heterocycles. The van der Waals surface area contributed by atoms with Gasteiger partial charge in [-0.25, -0.2) is 23.7 Å². The molecule has 1 aromatic carbocycles. The normalized spacial score (nSPS) is 12.4. The van der Waals surface area contributed by atoms with Crippen LogP contribution in [0.1, 0.15) is 17.7 Å². The smallest absolute Gasteiger partial charge is 0.384 e. The highest BCUT2D eigenvalue weighted by Gasteiger charge is 2.35. The number of nitrogens with zero attached hydrogens (tertiary/aromatic N) is 4. The summed E-state index contributed by atoms with van der Waals surface area (Å²) in [5.41, 5.74) is 5.90. The monoisotopic (exact) mass is 474 g/mol. The van der Waals surface area contributed by atoms with E-state index >= 15 is 0 Å². The quantitative estimate of drug-likeness (QED) is 0.287. The molecule has 0 aliphatic carbocycles. The first-order valence-electron chi connectivity index (χ1n) is 9.65. The minimum Gasteiger partial charge on any atom is -0.384 e. The summed E-state index contributed by atoms with van der Waals surface area (Å²) in [5, 5.41) is 13.4. The largest absolute Gasteiger partial charge is 0.451 e. The van der Waals surface area contributed by atoms with E-state index in [2.05, 4.69) is 25.3 Å². The standard InChI is InChI=1S/C22H15F5N6O/c23-11-4-5-12(14(24)8-11)15-2-1-3-16(30-15)20(34)31-18-10-29-7-6-13(18)17-9-19(28)33-21(32-17)22(25,26)27/h1-10,20,31,34H,(H2,28,32,33). The van der Waals surface area contributed by atoms with E-state index < -0.39 is 35.7 Å². The van der Waals surface area contributed by atoms with E-state index in [1.54, 1.807) is 0 Å². The molecule has 0 fully saturated rings. The molecule has 12 heteroatoms. The number of benzene rings is 1. The fraction of sp³-hybridized carbons (Fsp3) is 0.0909. The number of alkyl halides is 3. The van der Waals surface area contributed by atoms with Crippen molar-refractivity contribution >= 4 is 11.5 Å². The molecule has 0 bridgehead atoms. The van der Waals surface area contributed by atoms with Gasteiger partial charge < -0.3 is 16.2 Å². The summed E-state index contributed by atoms with van der Waals surface area (Å²) in [5.74, 6) is -3.39. The number of anilines is 2. The number of halogens is 5. The van der Waals surface area contributed by atoms with Crippen LogP contribution in [0.15, 0.2) is 60.9 Å². The van der Waals surface area contributed by atoms with Crippen LogP contribution in [0.2, 0.25) is 0 Å². The molecule has 0 radical (unpaired) electrons. The summed E-state index contributed by atoms with van der Waals surface area (Å²) in [4.78, 5) is 14.9. The molecule has 1 atom stereocenters. The number of nitrogens with two attached hydrogens (primary N) is 1. The van der Waals surface area contributed by atoms with E-state index in [1.807, 2.05) is 0 Å². The van der Waals surface area contributed by atoms with Crippen LogP contribution >= 0.6 is 0 Å². The molecule has 7 nitrogen and oxygen atoms in total. The Labute approximate surface area is 189 Å². The van der Waals surface area contributed by atoms with E-state index in [0.717, 1.165) is 12.1 Å². The predicted molar refractivity (Wildman–Crippen MR) is 113 cm³/mol. The number of hydrogen-bond donors (Lipinski definition) is 3. The topological polar surface area (TPSA) is 110 Å². The van der Waals surface area contributed by atoms with Crippen molar-refractivity contribution in [2.45, 2.75) is 12.4 Å². The number of rotatable bonds is 5. The Morgan fingerprint density at radius 3 is 2.44 bits per heavy atom. The summed E-state index contributed by atoms with van der Waals surface area (Å²) in [6, 6.07) is 9.97. The Hall–Kier alpha value is -4.19. The predicted octanol–water partition coefficient (Wildman–Crippen LogP) is 4.58. The second-order valence-corrected chi connectivity index (χ2v) is 7.04. The molecule has 4 aromatic rings. The van der Waals surface area contributed by atoms with Gasteiger partial charge >= 0.3 is 6.18 Å². The maximum Gasteiger partial charge on any atom is 0.451 e. The Morgan fingerprint density at radius 1 is 0.912 bits per heavy atom. The second kappa shape index (κ2) is 8.98. The number of hydrogen-bond acceptors (Lipinski definition) is 7. The highest BCUT2D eigenvalue weighted by Crippen LogP contribution is 2.33. The number of nitrogen functional groups attached to an aromatic ring is 1. The van der Waals surface area contributed by atoms with E-state index in [9.17, 15) is 27.1 Å². The average molecular weight is 474 g/mol. The molecule has 0 saturated carbocycles. The maximum atomic E-state index is 14.1. The Balaban J connectivity index is 1.66. The molecule has 0 saturated heterocycles. The molecule has 4 N–H and O–H groups in total. The molecule has 3 heterocycles. The van der Waals surface area contributed by atoms with Crippen LogP contribution in [0.4, 0.5) is 33.5 Å². The number of nitrogens with one attached hydrogen (secondary N) is 1. The second-order valence-electron chi connectivity index (χ2n) is 7.04. The van der Waals surface area contributed by atoms with Gasteiger partial charge in [-0.1, -0.05) is 6.07 Å². The fourth-order valence-electron chi connectivity index (χ4n) is 3.14. The summed E-state index contributed by atoms with van der Waals surface area (Å²) in [6.07, 6.45) is -3.68. The molecular formula is C22H15F5N6O. The van der Waals surface area contributed by atoms with Crippen molar-refractivity contribution in [3.05, 3.63) is 84.1 Å². The zero-order valence-electron chi connectivity index (χ0n) is 17.1. The number of aliphatic hydroxyl groups excluding tert-OH is 1. The molecule has 3 aromatic heterocycles. The fourth-order valence-corrected chi connectivity index (χ4v) is 3.14. The van der Waals surface area contributed by atoms with Crippen molar-refractivity contribution in [2.75, 3.05) is 11.1 Å². The molecule has 1 unspecified atom stereocenters. The maximum absolute atomic E-state index is 14.1. The van der Waals surface area contributed by atoms with Gasteiger partial charge in [0.2, 0.25) is 5.82 Å². The van der Waals surface area contributed by atoms with Gasteiger partial charge in [-0.2, -0.15) is 13.2 Å². The number of pyridine rings is 2. The van der Waals surface area contributed by atoms with Gasteiger partial charge in [0.1, 0.15) is 17.5 Å². The van der Waals surface area contributed by atoms with Crippen molar-refractivity contribution in [1.29, 1.82) is 0 Å². The van der Waals surface area contributed by atoms with Gasteiger partial charge in [-0.05, 0) is 30.3 Å². The molecule has 0 spiro atoms. The lowest BCUT2D eigenvalue weighted by atomic mass is 10.1. The summed E-state index contributed by atoms with van der Waals surface area (Å²) < 4.78 is 66.7. The van der Waals surface area contributed by atoms with Gasteiger partial charge in [0, 0.05) is 29.5 Å². The summed E-state index contributed by atoms with van der Waals surface area (Å²) in [7, 11) is 0. The third-order valence-corrected chi connectivity index (χ3v) is 4.65. The van der Waals surface area contributed by atoms with Crippen LogP contribution in [0.5, 0.6) is 0 Å². The number of aromatic nitrogens is 4. The van der Waals surface area contributed by atoms with Crippen LogP contribution in [0, 0.1) is 11.6 Å². The van der Waals surface area contributed by atoms with Crippen LogP contribution in [0.25, 0.3) is 22.5 Å². The van der Waals surface area contributed by atoms with E-state index in [-0.39, 0.29) is 33.9 Å². The SMILES string of the molecule is Nc1cc(-c2ccncc2NC(O)c2cccc(-c3ccc(F)cc3F)n2)nc(C(F)(F)F)n1. The zero-order chi connectivity index (χ0) is 24.5. The van der Waals surface area contributed by atoms with Gasteiger partial charge in [0.15, 0.2) is 6.23 Å². The van der Waals surface area contributed by atoms with Crippen LogP contribution in [0.3, 0.4) is 0 Å². The zero-order valence-corrected chi connectivity index (χ0v) is 17.1. The average Bonchev–Trinajstić information content (AvgIpc) is 2.78. The van der Waals surface area contributed by atoms with Crippen molar-refractivity contribution in [1.82, 2.24) is 19.9 Å². The first-order valence-corrected chi connectivity index (χ1v) is 9.65. The summed E-state index contributed by atoms with van der Waals surface area (Å²) >= 11 is 0. The Kier molecular flexibility index (Phi) is 6.07. The molecular weight excluding hydrogens is 459 g/mol. The van der Waals surface area contributed by atoms with Gasteiger partial charge in [-0.15, -0.1) is 0 Å². The lowest BCUT2D eigenvalue weighted by Crippen LogP contribution is -2.15. The minimum absolute atomic E-state index is 0.0219. The molecule has 174 valence electrons. The van der Waals surface area contributed by atoms with Crippen LogP contribution in [-0.2, 0) is 6.18 Å². The van der Waals surface area contributed by atoms with Gasteiger partial charge in [-0.3, -0.25) is 4.98 Å². The number of aliphatic hydroxyl groups is 1. The lowest BCUT2D eigenvalue weighted by Gasteiger charge is -2.17. The van der Waals surface area contributed by atoms with Gasteiger partial charge in [0.25, 0.3) is 0 Å². The minimum atomic E-state index is -4.82. The van der Waals surface area contributed by atoms with Gasteiger partial charge in [0.05, 0.1) is 29.0 Å². The molecule has 4 rings (SSSR count). The van der Waals surface area contributed by atoms with E-state index in [0.29, 0.717) is 6.07 Å². The highest BCUT2D eigenvalue weighted by atomic mass is 19.4. The van der Waals surface area contributed by atoms with E-state index in [4.69, 9.17) is 5.73 Å². The summed E-state index contributed by atoms with van der Waals surface area (Å²) in [6.45, 7) is 0. The van der Waals surface area contributed by atoms with Crippen molar-refractivity contribution in [3.63, 3.8) is 0 Å². The molecule has 0 amide bonds. The van der Waals surface area contributed by atoms with Crippen molar-refractivity contribution in [3.8, 4) is 22.5 Å². The first kappa shape index (κ1) is 23.0. The molecule has 0 aliphatic rings.